The van der Waals surface area contributed by atoms with Gasteiger partial charge in [0.2, 0.25) is 0 Å². The molecule has 104 valence electrons. The molecule has 0 aromatic heterocycles. The molecule has 0 spiro atoms. The van der Waals surface area contributed by atoms with E-state index >= 15 is 0 Å². The van der Waals surface area contributed by atoms with E-state index in [1.807, 2.05) is 0 Å². The van der Waals surface area contributed by atoms with E-state index in [9.17, 15) is 22.4 Å². The van der Waals surface area contributed by atoms with Gasteiger partial charge in [0, 0.05) is 0 Å². The van der Waals surface area contributed by atoms with Crippen LogP contribution in [0.4, 0.5) is 17.6 Å². The maximum Gasteiger partial charge on any atom is 0.416 e. The molecule has 1 aliphatic heterocycles. The largest absolute Gasteiger partial charge is 0.416 e. The molecule has 1 nitrogen and oxygen atoms in total. The number of hydrogen-bond donors (Lipinski definition) is 0. The molecule has 0 aliphatic carbocycles. The Kier molecular flexibility index (Phi) is 3.64. The van der Waals surface area contributed by atoms with Crippen molar-refractivity contribution in [3.8, 4) is 0 Å². The summed E-state index contributed by atoms with van der Waals surface area (Å²) < 4.78 is 50.6. The summed E-state index contributed by atoms with van der Waals surface area (Å²) in [7, 11) is 0. The fraction of sp³-hybridized carbons (Fsp3) is 0.462. The van der Waals surface area contributed by atoms with Crippen LogP contribution >= 0.6 is 11.8 Å². The van der Waals surface area contributed by atoms with Crippen LogP contribution in [0.1, 0.15) is 35.7 Å². The molecule has 0 bridgehead atoms. The number of thioether (sulfide) groups is 1. The fourth-order valence-corrected chi connectivity index (χ4v) is 3.39. The fourth-order valence-electron chi connectivity index (χ4n) is 2.12. The van der Waals surface area contributed by atoms with Crippen molar-refractivity contribution < 1.29 is 22.4 Å². The number of alkyl halides is 3. The maximum atomic E-state index is 13.6. The smallest absolute Gasteiger partial charge is 0.293 e. The molecule has 6 heteroatoms. The predicted molar refractivity (Wildman–Crippen MR) is 65.8 cm³/mol. The molecular formula is C13H12F4OS. The van der Waals surface area contributed by atoms with Gasteiger partial charge in [0.1, 0.15) is 5.82 Å². The van der Waals surface area contributed by atoms with Crippen molar-refractivity contribution in [3.05, 3.63) is 35.1 Å². The van der Waals surface area contributed by atoms with Crippen LogP contribution in [0.2, 0.25) is 0 Å². The van der Waals surface area contributed by atoms with Crippen molar-refractivity contribution >= 4 is 17.5 Å². The van der Waals surface area contributed by atoms with E-state index in [1.54, 1.807) is 6.92 Å². The number of carbonyl (C=O) groups excluding carboxylic acids is 1. The Labute approximate surface area is 112 Å². The van der Waals surface area contributed by atoms with Crippen LogP contribution in [-0.4, -0.2) is 16.3 Å². The minimum absolute atomic E-state index is 0.466. The lowest BCUT2D eigenvalue weighted by Crippen LogP contribution is -2.29. The van der Waals surface area contributed by atoms with Gasteiger partial charge in [-0.05, 0) is 43.7 Å². The molecule has 0 N–H and O–H groups in total. The van der Waals surface area contributed by atoms with Crippen molar-refractivity contribution in [1.82, 2.24) is 0 Å². The second-order valence-electron chi connectivity index (χ2n) is 4.70. The lowest BCUT2D eigenvalue weighted by atomic mass is 9.93. The molecule has 1 fully saturated rings. The number of rotatable bonds is 2. The van der Waals surface area contributed by atoms with Crippen LogP contribution in [-0.2, 0) is 6.18 Å². The highest BCUT2D eigenvalue weighted by Crippen LogP contribution is 2.41. The Balaban J connectivity index is 2.41. The first-order chi connectivity index (χ1) is 8.74. The number of carbonyl (C=O) groups is 1. The van der Waals surface area contributed by atoms with E-state index in [4.69, 9.17) is 0 Å². The molecule has 0 amide bonds. The molecule has 0 radical (unpaired) electrons. The molecule has 1 aromatic carbocycles. The van der Waals surface area contributed by atoms with Gasteiger partial charge in [-0.25, -0.2) is 4.39 Å². The molecule has 1 saturated heterocycles. The average Bonchev–Trinajstić information content (AvgIpc) is 2.75. The second kappa shape index (κ2) is 4.81. The Morgan fingerprint density at radius 2 is 2.05 bits per heavy atom. The Hall–Kier alpha value is -1.04. The molecule has 1 heterocycles. The SMILES string of the molecule is CC1(C(=O)c2cc(C(F)(F)F)ccc2F)CCCS1. The predicted octanol–water partition coefficient (Wildman–Crippen LogP) is 4.31. The van der Waals surface area contributed by atoms with Gasteiger partial charge >= 0.3 is 6.18 Å². The lowest BCUT2D eigenvalue weighted by molar-refractivity contribution is -0.137. The zero-order valence-corrected chi connectivity index (χ0v) is 11.0. The minimum Gasteiger partial charge on any atom is -0.293 e. The van der Waals surface area contributed by atoms with Crippen molar-refractivity contribution in [3.63, 3.8) is 0 Å². The van der Waals surface area contributed by atoms with E-state index in [0.717, 1.165) is 12.2 Å². The number of halogens is 4. The van der Waals surface area contributed by atoms with E-state index in [0.29, 0.717) is 24.6 Å². The van der Waals surface area contributed by atoms with Gasteiger partial charge in [-0.3, -0.25) is 4.79 Å². The first kappa shape index (κ1) is 14.4. The average molecular weight is 292 g/mol. The third-order valence-electron chi connectivity index (χ3n) is 3.24. The highest BCUT2D eigenvalue weighted by molar-refractivity contribution is 8.01. The summed E-state index contributed by atoms with van der Waals surface area (Å²) in [6, 6.07) is 1.97. The summed E-state index contributed by atoms with van der Waals surface area (Å²) in [5.74, 6) is -0.687. The number of ketones is 1. The van der Waals surface area contributed by atoms with Crippen LogP contribution in [0.5, 0.6) is 0 Å². The number of Topliss-reactive ketones (excluding diaryl/α,β-unsaturated/α-hetero) is 1. The molecule has 1 aromatic rings. The van der Waals surface area contributed by atoms with E-state index < -0.39 is 33.7 Å². The lowest BCUT2D eigenvalue weighted by Gasteiger charge is -2.21. The first-order valence-electron chi connectivity index (χ1n) is 5.79. The number of hydrogen-bond acceptors (Lipinski definition) is 2. The van der Waals surface area contributed by atoms with E-state index in [2.05, 4.69) is 0 Å². The normalized spacial score (nSPS) is 23.6. The van der Waals surface area contributed by atoms with Crippen molar-refractivity contribution in [2.75, 3.05) is 5.75 Å². The van der Waals surface area contributed by atoms with E-state index in [1.165, 1.54) is 11.8 Å². The molecule has 0 saturated carbocycles. The minimum atomic E-state index is -4.58. The molecular weight excluding hydrogens is 280 g/mol. The van der Waals surface area contributed by atoms with Gasteiger partial charge in [-0.2, -0.15) is 13.2 Å². The third-order valence-corrected chi connectivity index (χ3v) is 4.76. The first-order valence-corrected chi connectivity index (χ1v) is 6.78. The van der Waals surface area contributed by atoms with Gasteiger partial charge in [-0.1, -0.05) is 0 Å². The summed E-state index contributed by atoms with van der Waals surface area (Å²) in [4.78, 5) is 12.2. The quantitative estimate of drug-likeness (QED) is 0.596. The van der Waals surface area contributed by atoms with E-state index in [-0.39, 0.29) is 0 Å². The zero-order chi connectivity index (χ0) is 14.3. The van der Waals surface area contributed by atoms with Crippen LogP contribution in [0, 0.1) is 5.82 Å². The van der Waals surface area contributed by atoms with Crippen molar-refractivity contribution in [2.45, 2.75) is 30.7 Å². The molecule has 1 unspecified atom stereocenters. The summed E-state index contributed by atoms with van der Waals surface area (Å²) in [6.07, 6.45) is -3.20. The maximum absolute atomic E-state index is 13.6. The van der Waals surface area contributed by atoms with Crippen LogP contribution in [0.15, 0.2) is 18.2 Å². The van der Waals surface area contributed by atoms with Gasteiger partial charge in [-0.15, -0.1) is 11.8 Å². The van der Waals surface area contributed by atoms with Crippen LogP contribution in [0.3, 0.4) is 0 Å². The Morgan fingerprint density at radius 1 is 1.37 bits per heavy atom. The molecule has 1 aliphatic rings. The standard InChI is InChI=1S/C13H12F4OS/c1-12(5-2-6-19-12)11(18)9-7-8(13(15,16)17)3-4-10(9)14/h3-4,7H,2,5-6H2,1H3. The van der Waals surface area contributed by atoms with Crippen LogP contribution < -0.4 is 0 Å². The van der Waals surface area contributed by atoms with Crippen molar-refractivity contribution in [1.29, 1.82) is 0 Å². The third kappa shape index (κ3) is 2.78. The van der Waals surface area contributed by atoms with Gasteiger partial charge in [0.15, 0.2) is 5.78 Å². The Bertz CT molecular complexity index is 504. The highest BCUT2D eigenvalue weighted by atomic mass is 32.2. The summed E-state index contributed by atoms with van der Waals surface area (Å²) in [5, 5.41) is 0. The Morgan fingerprint density at radius 3 is 2.58 bits per heavy atom. The second-order valence-corrected chi connectivity index (χ2v) is 6.30. The van der Waals surface area contributed by atoms with Gasteiger partial charge in [0.25, 0.3) is 0 Å². The highest BCUT2D eigenvalue weighted by Gasteiger charge is 2.40. The topological polar surface area (TPSA) is 17.1 Å². The summed E-state index contributed by atoms with van der Waals surface area (Å²) in [5.41, 5.74) is -1.46. The number of benzene rings is 1. The van der Waals surface area contributed by atoms with Gasteiger partial charge < -0.3 is 0 Å². The summed E-state index contributed by atoms with van der Waals surface area (Å²) in [6.45, 7) is 1.66. The zero-order valence-electron chi connectivity index (χ0n) is 10.2. The molecule has 1 atom stereocenters. The molecule has 19 heavy (non-hydrogen) atoms. The van der Waals surface area contributed by atoms with Crippen LogP contribution in [0.25, 0.3) is 0 Å². The van der Waals surface area contributed by atoms with Gasteiger partial charge in [0.05, 0.1) is 15.9 Å². The summed E-state index contributed by atoms with van der Waals surface area (Å²) >= 11 is 1.37. The monoisotopic (exact) mass is 292 g/mol. The molecule has 2 rings (SSSR count). The van der Waals surface area contributed by atoms with Crippen molar-refractivity contribution in [2.24, 2.45) is 0 Å².